The summed E-state index contributed by atoms with van der Waals surface area (Å²) in [7, 11) is 0. The minimum absolute atomic E-state index is 0.629. The lowest BCUT2D eigenvalue weighted by atomic mass is 10.2. The summed E-state index contributed by atoms with van der Waals surface area (Å²) in [6, 6.07) is 3.96. The Morgan fingerprint density at radius 1 is 1.31 bits per heavy atom. The third kappa shape index (κ3) is 2.03. The van der Waals surface area contributed by atoms with Crippen molar-refractivity contribution < 1.29 is 0 Å². The van der Waals surface area contributed by atoms with Crippen molar-refractivity contribution in [2.45, 2.75) is 6.42 Å². The Morgan fingerprint density at radius 3 is 2.69 bits per heavy atom. The number of nitrogen functional groups attached to an aromatic ring is 1. The van der Waals surface area contributed by atoms with Crippen LogP contribution in [-0.4, -0.2) is 9.97 Å². The second-order valence-electron chi connectivity index (χ2n) is 2.71. The van der Waals surface area contributed by atoms with Gasteiger partial charge < -0.3 is 5.73 Å². The van der Waals surface area contributed by atoms with Crippen LogP contribution in [0.4, 0.5) is 5.13 Å². The SMILES string of the molecule is Nc1nc(Cc2ccncc2)cs1. The minimum atomic E-state index is 0.629. The van der Waals surface area contributed by atoms with Gasteiger partial charge in [-0.25, -0.2) is 4.98 Å². The van der Waals surface area contributed by atoms with Crippen LogP contribution in [0.2, 0.25) is 0 Å². The highest BCUT2D eigenvalue weighted by atomic mass is 32.1. The van der Waals surface area contributed by atoms with E-state index in [9.17, 15) is 0 Å². The molecule has 0 radical (unpaired) electrons. The maximum Gasteiger partial charge on any atom is 0.180 e. The molecule has 2 aromatic heterocycles. The van der Waals surface area contributed by atoms with Crippen molar-refractivity contribution in [2.75, 3.05) is 5.73 Å². The van der Waals surface area contributed by atoms with Gasteiger partial charge in [0.25, 0.3) is 0 Å². The van der Waals surface area contributed by atoms with E-state index in [0.717, 1.165) is 12.1 Å². The molecule has 0 saturated heterocycles. The van der Waals surface area contributed by atoms with Gasteiger partial charge in [0.05, 0.1) is 5.69 Å². The molecule has 13 heavy (non-hydrogen) atoms. The number of thiazole rings is 1. The van der Waals surface area contributed by atoms with Crippen molar-refractivity contribution in [1.29, 1.82) is 0 Å². The number of nitrogens with two attached hydrogens (primary N) is 1. The Balaban J connectivity index is 2.15. The van der Waals surface area contributed by atoms with Crippen LogP contribution < -0.4 is 5.73 Å². The van der Waals surface area contributed by atoms with Gasteiger partial charge in [-0.05, 0) is 17.7 Å². The molecule has 0 aliphatic rings. The summed E-state index contributed by atoms with van der Waals surface area (Å²) in [6.07, 6.45) is 4.40. The highest BCUT2D eigenvalue weighted by Gasteiger charge is 1.99. The van der Waals surface area contributed by atoms with Gasteiger partial charge in [-0.15, -0.1) is 11.3 Å². The van der Waals surface area contributed by atoms with E-state index in [-0.39, 0.29) is 0 Å². The summed E-state index contributed by atoms with van der Waals surface area (Å²) in [6.45, 7) is 0. The molecule has 0 spiro atoms. The summed E-state index contributed by atoms with van der Waals surface area (Å²) in [5.41, 5.74) is 7.76. The topological polar surface area (TPSA) is 51.8 Å². The van der Waals surface area contributed by atoms with Crippen molar-refractivity contribution in [3.8, 4) is 0 Å². The van der Waals surface area contributed by atoms with E-state index in [1.54, 1.807) is 12.4 Å². The van der Waals surface area contributed by atoms with Gasteiger partial charge in [0.2, 0.25) is 0 Å². The highest BCUT2D eigenvalue weighted by molar-refractivity contribution is 7.13. The van der Waals surface area contributed by atoms with Gasteiger partial charge in [0, 0.05) is 24.2 Å². The summed E-state index contributed by atoms with van der Waals surface area (Å²) < 4.78 is 0. The number of rotatable bonds is 2. The second-order valence-corrected chi connectivity index (χ2v) is 3.60. The zero-order chi connectivity index (χ0) is 9.10. The van der Waals surface area contributed by atoms with Gasteiger partial charge in [0.1, 0.15) is 0 Å². The first kappa shape index (κ1) is 8.19. The van der Waals surface area contributed by atoms with Crippen molar-refractivity contribution >= 4 is 16.5 Å². The van der Waals surface area contributed by atoms with Crippen LogP contribution in [0, 0.1) is 0 Å². The van der Waals surface area contributed by atoms with Crippen molar-refractivity contribution in [3.63, 3.8) is 0 Å². The average molecular weight is 191 g/mol. The molecule has 0 aromatic carbocycles. The molecule has 3 nitrogen and oxygen atoms in total. The van der Waals surface area contributed by atoms with E-state index < -0.39 is 0 Å². The number of anilines is 1. The van der Waals surface area contributed by atoms with E-state index in [1.807, 2.05) is 17.5 Å². The van der Waals surface area contributed by atoms with Crippen molar-refractivity contribution in [2.24, 2.45) is 0 Å². The predicted octanol–water partition coefficient (Wildman–Crippen LogP) is 1.71. The highest BCUT2D eigenvalue weighted by Crippen LogP contribution is 2.14. The largest absolute Gasteiger partial charge is 0.375 e. The molecule has 2 heterocycles. The van der Waals surface area contributed by atoms with Crippen molar-refractivity contribution in [3.05, 3.63) is 41.2 Å². The lowest BCUT2D eigenvalue weighted by Crippen LogP contribution is -1.89. The predicted molar refractivity (Wildman–Crippen MR) is 53.6 cm³/mol. The standard InChI is InChI=1S/C9H9N3S/c10-9-12-8(6-13-9)5-7-1-3-11-4-2-7/h1-4,6H,5H2,(H2,10,12). The molecule has 0 unspecified atom stereocenters. The lowest BCUT2D eigenvalue weighted by molar-refractivity contribution is 1.10. The number of aromatic nitrogens is 2. The molecule has 0 amide bonds. The van der Waals surface area contributed by atoms with Crippen LogP contribution in [-0.2, 0) is 6.42 Å². The number of nitrogens with zero attached hydrogens (tertiary/aromatic N) is 2. The molecule has 0 saturated carbocycles. The van der Waals surface area contributed by atoms with Gasteiger partial charge in [-0.3, -0.25) is 4.98 Å². The summed E-state index contributed by atoms with van der Waals surface area (Å²) in [5.74, 6) is 0. The zero-order valence-electron chi connectivity index (χ0n) is 6.97. The fourth-order valence-corrected chi connectivity index (χ4v) is 1.68. The molecule has 66 valence electrons. The average Bonchev–Trinajstić information content (AvgIpc) is 2.53. The van der Waals surface area contributed by atoms with Gasteiger partial charge in [-0.2, -0.15) is 0 Å². The number of hydrogen-bond acceptors (Lipinski definition) is 4. The molecular weight excluding hydrogens is 182 g/mol. The molecule has 0 bridgehead atoms. The third-order valence-electron chi connectivity index (χ3n) is 1.70. The normalized spacial score (nSPS) is 10.2. The Kier molecular flexibility index (Phi) is 2.23. The van der Waals surface area contributed by atoms with Crippen LogP contribution in [0.25, 0.3) is 0 Å². The first-order chi connectivity index (χ1) is 6.34. The van der Waals surface area contributed by atoms with Crippen LogP contribution in [0.5, 0.6) is 0 Å². The molecule has 2 rings (SSSR count). The van der Waals surface area contributed by atoms with Gasteiger partial charge >= 0.3 is 0 Å². The first-order valence-electron chi connectivity index (χ1n) is 3.93. The van der Waals surface area contributed by atoms with Crippen LogP contribution in [0.3, 0.4) is 0 Å². The molecular formula is C9H9N3S. The van der Waals surface area contributed by atoms with Crippen LogP contribution >= 0.6 is 11.3 Å². The fourth-order valence-electron chi connectivity index (χ4n) is 1.11. The number of pyridine rings is 1. The van der Waals surface area contributed by atoms with Gasteiger partial charge in [0.15, 0.2) is 5.13 Å². The van der Waals surface area contributed by atoms with Crippen LogP contribution in [0.1, 0.15) is 11.3 Å². The quantitative estimate of drug-likeness (QED) is 0.786. The summed E-state index contributed by atoms with van der Waals surface area (Å²) in [4.78, 5) is 8.13. The third-order valence-corrected chi connectivity index (χ3v) is 2.43. The molecule has 2 aromatic rings. The Labute approximate surface area is 80.3 Å². The maximum atomic E-state index is 5.53. The first-order valence-corrected chi connectivity index (χ1v) is 4.81. The molecule has 0 fully saturated rings. The fraction of sp³-hybridized carbons (Fsp3) is 0.111. The molecule has 0 atom stereocenters. The molecule has 0 aliphatic carbocycles. The van der Waals surface area contributed by atoms with Crippen molar-refractivity contribution in [1.82, 2.24) is 9.97 Å². The minimum Gasteiger partial charge on any atom is -0.375 e. The lowest BCUT2D eigenvalue weighted by Gasteiger charge is -1.95. The Hall–Kier alpha value is -1.42. The summed E-state index contributed by atoms with van der Waals surface area (Å²) >= 11 is 1.47. The second kappa shape index (κ2) is 3.53. The van der Waals surface area contributed by atoms with Crippen LogP contribution in [0.15, 0.2) is 29.9 Å². The summed E-state index contributed by atoms with van der Waals surface area (Å²) in [5, 5.41) is 2.61. The maximum absolute atomic E-state index is 5.53. The number of hydrogen-bond donors (Lipinski definition) is 1. The van der Waals surface area contributed by atoms with E-state index in [4.69, 9.17) is 5.73 Å². The van der Waals surface area contributed by atoms with E-state index in [0.29, 0.717) is 5.13 Å². The zero-order valence-corrected chi connectivity index (χ0v) is 7.79. The van der Waals surface area contributed by atoms with E-state index in [2.05, 4.69) is 9.97 Å². The monoisotopic (exact) mass is 191 g/mol. The smallest absolute Gasteiger partial charge is 0.180 e. The molecule has 2 N–H and O–H groups in total. The van der Waals surface area contributed by atoms with Gasteiger partial charge in [-0.1, -0.05) is 0 Å². The van der Waals surface area contributed by atoms with E-state index in [1.165, 1.54) is 16.9 Å². The molecule has 4 heteroatoms. The van der Waals surface area contributed by atoms with E-state index >= 15 is 0 Å². The molecule has 0 aliphatic heterocycles. The Morgan fingerprint density at radius 2 is 2.08 bits per heavy atom. The Bertz CT molecular complexity index is 383.